The number of carboxylic acids is 1. The molecule has 28 heavy (non-hydrogen) atoms. The van der Waals surface area contributed by atoms with Gasteiger partial charge in [-0.2, -0.15) is 0 Å². The van der Waals surface area contributed by atoms with E-state index in [0.29, 0.717) is 12.1 Å². The summed E-state index contributed by atoms with van der Waals surface area (Å²) in [5.41, 5.74) is 0.203. The van der Waals surface area contributed by atoms with Crippen LogP contribution in [0.25, 0.3) is 5.69 Å². The highest BCUT2D eigenvalue weighted by Crippen LogP contribution is 2.41. The van der Waals surface area contributed by atoms with Gasteiger partial charge in [-0.25, -0.2) is 9.78 Å². The number of likely N-dealkylation sites (tertiary alicyclic amines) is 1. The molecule has 1 amide bonds. The Hall–Kier alpha value is -3.23. The van der Waals surface area contributed by atoms with E-state index in [9.17, 15) is 24.8 Å². The molecule has 3 atom stereocenters. The van der Waals surface area contributed by atoms with Crippen molar-refractivity contribution in [1.82, 2.24) is 14.5 Å². The number of aliphatic carboxylic acids is 1. The fraction of sp³-hybridized carbons (Fsp3) is 0.421. The van der Waals surface area contributed by atoms with Crippen molar-refractivity contribution in [2.45, 2.75) is 44.2 Å². The van der Waals surface area contributed by atoms with Crippen molar-refractivity contribution < 1.29 is 19.6 Å². The number of nitro groups is 1. The molecule has 1 saturated heterocycles. The first-order chi connectivity index (χ1) is 13.5. The highest BCUT2D eigenvalue weighted by molar-refractivity contribution is 5.98. The number of fused-ring (bicyclic) bond motifs is 1. The van der Waals surface area contributed by atoms with Gasteiger partial charge in [0.25, 0.3) is 11.6 Å². The molecule has 1 aromatic heterocycles. The summed E-state index contributed by atoms with van der Waals surface area (Å²) in [7, 11) is 0. The summed E-state index contributed by atoms with van der Waals surface area (Å²) in [6.45, 7) is 0. The van der Waals surface area contributed by atoms with Crippen molar-refractivity contribution >= 4 is 17.6 Å². The van der Waals surface area contributed by atoms with E-state index in [2.05, 4.69) is 4.98 Å². The standard InChI is InChI=1S/C19H20N4O5/c24-18(22-14-4-2-1-3-12(14)9-17(22)19(25)26)13-5-6-15(16(10-13)23(27)28)21-8-7-20-11-21/h5-8,10-12,14,17H,1-4,9H2,(H,25,26). The van der Waals surface area contributed by atoms with E-state index in [1.54, 1.807) is 6.20 Å². The lowest BCUT2D eigenvalue weighted by atomic mass is 9.84. The maximum absolute atomic E-state index is 13.2. The normalized spacial score (nSPS) is 24.0. The fourth-order valence-electron chi connectivity index (χ4n) is 4.54. The molecule has 1 saturated carbocycles. The number of amides is 1. The van der Waals surface area contributed by atoms with Crippen LogP contribution in [-0.2, 0) is 4.79 Å². The number of carboxylic acid groups (broad SMARTS) is 1. The van der Waals surface area contributed by atoms with Crippen LogP contribution in [0.2, 0.25) is 0 Å². The lowest BCUT2D eigenvalue weighted by Crippen LogP contribution is -2.46. The average molecular weight is 384 g/mol. The smallest absolute Gasteiger partial charge is 0.326 e. The summed E-state index contributed by atoms with van der Waals surface area (Å²) in [5.74, 6) is -1.30. The number of benzene rings is 1. The summed E-state index contributed by atoms with van der Waals surface area (Å²) in [4.78, 5) is 41.3. The van der Waals surface area contributed by atoms with Crippen LogP contribution >= 0.6 is 0 Å². The molecule has 146 valence electrons. The van der Waals surface area contributed by atoms with E-state index in [1.807, 2.05) is 0 Å². The van der Waals surface area contributed by atoms with Gasteiger partial charge in [0.1, 0.15) is 11.7 Å². The van der Waals surface area contributed by atoms with Gasteiger partial charge in [-0.15, -0.1) is 0 Å². The fourth-order valence-corrected chi connectivity index (χ4v) is 4.54. The van der Waals surface area contributed by atoms with Crippen LogP contribution in [0.1, 0.15) is 42.5 Å². The number of hydrogen-bond donors (Lipinski definition) is 1. The van der Waals surface area contributed by atoms with Gasteiger partial charge in [0, 0.05) is 30.1 Å². The summed E-state index contributed by atoms with van der Waals surface area (Å²) >= 11 is 0. The highest BCUT2D eigenvalue weighted by Gasteiger charge is 2.47. The van der Waals surface area contributed by atoms with Gasteiger partial charge in [-0.05, 0) is 37.3 Å². The highest BCUT2D eigenvalue weighted by atomic mass is 16.6. The number of carbonyl (C=O) groups excluding carboxylic acids is 1. The van der Waals surface area contributed by atoms with Gasteiger partial charge in [-0.3, -0.25) is 14.9 Å². The molecule has 1 aromatic carbocycles. The van der Waals surface area contributed by atoms with E-state index in [4.69, 9.17) is 0 Å². The van der Waals surface area contributed by atoms with Crippen LogP contribution in [0, 0.1) is 16.0 Å². The lowest BCUT2D eigenvalue weighted by molar-refractivity contribution is -0.384. The van der Waals surface area contributed by atoms with Crippen LogP contribution in [0.4, 0.5) is 5.69 Å². The van der Waals surface area contributed by atoms with Crippen LogP contribution in [0.15, 0.2) is 36.9 Å². The minimum absolute atomic E-state index is 0.116. The van der Waals surface area contributed by atoms with Gasteiger partial charge < -0.3 is 14.6 Å². The molecule has 1 N–H and O–H groups in total. The Morgan fingerprint density at radius 2 is 2.04 bits per heavy atom. The Kier molecular flexibility index (Phi) is 4.58. The molecule has 1 aliphatic carbocycles. The molecule has 4 rings (SSSR count). The Morgan fingerprint density at radius 3 is 2.71 bits per heavy atom. The summed E-state index contributed by atoms with van der Waals surface area (Å²) < 4.78 is 1.50. The Labute approximate surface area is 160 Å². The SMILES string of the molecule is O=C(O)C1CC2CCCCC2N1C(=O)c1ccc(-n2ccnc2)c([N+](=O)[O-])c1. The third-order valence-electron chi connectivity index (χ3n) is 5.81. The zero-order valence-electron chi connectivity index (χ0n) is 15.1. The molecule has 2 fully saturated rings. The quantitative estimate of drug-likeness (QED) is 0.639. The monoisotopic (exact) mass is 384 g/mol. The average Bonchev–Trinajstić information content (AvgIpc) is 3.34. The van der Waals surface area contributed by atoms with Crippen molar-refractivity contribution in [3.05, 3.63) is 52.6 Å². The molecule has 0 bridgehead atoms. The Bertz CT molecular complexity index is 926. The number of imidazole rings is 1. The minimum Gasteiger partial charge on any atom is -0.480 e. The number of hydrogen-bond acceptors (Lipinski definition) is 5. The van der Waals surface area contributed by atoms with Crippen LogP contribution in [0.3, 0.4) is 0 Å². The van der Waals surface area contributed by atoms with E-state index >= 15 is 0 Å². The molecule has 2 heterocycles. The second-order valence-corrected chi connectivity index (χ2v) is 7.34. The van der Waals surface area contributed by atoms with Crippen LogP contribution in [0.5, 0.6) is 0 Å². The summed E-state index contributed by atoms with van der Waals surface area (Å²) in [5, 5.41) is 21.2. The maximum Gasteiger partial charge on any atom is 0.326 e. The topological polar surface area (TPSA) is 119 Å². The predicted octanol–water partition coefficient (Wildman–Crippen LogP) is 2.64. The number of carbonyl (C=O) groups is 2. The largest absolute Gasteiger partial charge is 0.480 e. The number of nitro benzene ring substituents is 1. The van der Waals surface area contributed by atoms with Crippen LogP contribution in [-0.4, -0.2) is 48.4 Å². The molecule has 1 aliphatic heterocycles. The number of rotatable bonds is 4. The van der Waals surface area contributed by atoms with Gasteiger partial charge >= 0.3 is 5.97 Å². The van der Waals surface area contributed by atoms with Crippen molar-refractivity contribution in [3.8, 4) is 5.69 Å². The van der Waals surface area contributed by atoms with E-state index in [0.717, 1.165) is 25.7 Å². The maximum atomic E-state index is 13.2. The summed E-state index contributed by atoms with van der Waals surface area (Å²) in [6, 6.07) is 3.24. The molecule has 9 heteroatoms. The van der Waals surface area contributed by atoms with Gasteiger partial charge in [0.15, 0.2) is 0 Å². The van der Waals surface area contributed by atoms with Gasteiger partial charge in [0.05, 0.1) is 11.3 Å². The molecular formula is C19H20N4O5. The van der Waals surface area contributed by atoms with E-state index in [-0.39, 0.29) is 23.2 Å². The first-order valence-electron chi connectivity index (χ1n) is 9.29. The second kappa shape index (κ2) is 7.06. The Morgan fingerprint density at radius 1 is 1.25 bits per heavy atom. The van der Waals surface area contributed by atoms with Gasteiger partial charge in [-0.1, -0.05) is 12.8 Å². The van der Waals surface area contributed by atoms with E-state index in [1.165, 1.54) is 40.2 Å². The molecule has 0 radical (unpaired) electrons. The molecule has 2 aromatic rings. The molecule has 3 unspecified atom stereocenters. The van der Waals surface area contributed by atoms with Crippen molar-refractivity contribution in [3.63, 3.8) is 0 Å². The molecule has 9 nitrogen and oxygen atoms in total. The predicted molar refractivity (Wildman–Crippen MR) is 98.2 cm³/mol. The second-order valence-electron chi connectivity index (χ2n) is 7.34. The zero-order valence-corrected chi connectivity index (χ0v) is 15.1. The molecular weight excluding hydrogens is 364 g/mol. The van der Waals surface area contributed by atoms with E-state index < -0.39 is 22.8 Å². The first kappa shape index (κ1) is 18.1. The summed E-state index contributed by atoms with van der Waals surface area (Å²) in [6.07, 6.45) is 8.66. The van der Waals surface area contributed by atoms with Crippen molar-refractivity contribution in [1.29, 1.82) is 0 Å². The third-order valence-corrected chi connectivity index (χ3v) is 5.81. The van der Waals surface area contributed by atoms with Crippen LogP contribution < -0.4 is 0 Å². The minimum atomic E-state index is -1.02. The third kappa shape index (κ3) is 3.02. The molecule has 2 aliphatic rings. The van der Waals surface area contributed by atoms with Gasteiger partial charge in [0.2, 0.25) is 0 Å². The zero-order chi connectivity index (χ0) is 19.8. The lowest BCUT2D eigenvalue weighted by Gasteiger charge is -2.33. The Balaban J connectivity index is 1.71. The number of nitrogens with zero attached hydrogens (tertiary/aromatic N) is 4. The van der Waals surface area contributed by atoms with Crippen molar-refractivity contribution in [2.24, 2.45) is 5.92 Å². The number of aromatic nitrogens is 2. The first-order valence-corrected chi connectivity index (χ1v) is 9.29. The van der Waals surface area contributed by atoms with Crippen molar-refractivity contribution in [2.75, 3.05) is 0 Å². The molecule has 0 spiro atoms.